The van der Waals surface area contributed by atoms with Crippen LogP contribution in [0.5, 0.6) is 0 Å². The van der Waals surface area contributed by atoms with Gasteiger partial charge >= 0.3 is 0 Å². The molecule has 0 aliphatic heterocycles. The van der Waals surface area contributed by atoms with Crippen molar-refractivity contribution < 1.29 is 4.84 Å². The summed E-state index contributed by atoms with van der Waals surface area (Å²) >= 11 is 1.64. The van der Waals surface area contributed by atoms with Crippen LogP contribution >= 0.6 is 11.8 Å². The Bertz CT molecular complexity index is 22.8. The highest BCUT2D eigenvalue weighted by atomic mass is 32.2. The molecule has 0 fully saturated rings. The molecule has 1 N–H and O–H groups in total. The molecule has 0 saturated heterocycles. The van der Waals surface area contributed by atoms with E-state index in [1.54, 1.807) is 18.8 Å². The molecule has 0 aromatic carbocycles. The summed E-state index contributed by atoms with van der Waals surface area (Å²) in [5, 5.41) is 0. The van der Waals surface area contributed by atoms with Crippen LogP contribution in [0.15, 0.2) is 0 Å². The monoisotopic (exact) mass is 107 g/mol. The fourth-order valence-electron chi connectivity index (χ4n) is 0.118. The van der Waals surface area contributed by atoms with Crippen LogP contribution < -0.4 is 5.48 Å². The Balaban J connectivity index is 2.34. The topological polar surface area (TPSA) is 21.3 Å². The summed E-state index contributed by atoms with van der Waals surface area (Å²) in [6.07, 6.45) is 1.98. The highest BCUT2D eigenvalue weighted by Crippen LogP contribution is 1.86. The van der Waals surface area contributed by atoms with Crippen LogP contribution in [0.4, 0.5) is 0 Å². The molecule has 0 aliphatic rings. The Morgan fingerprint density at radius 3 is 2.67 bits per heavy atom. The van der Waals surface area contributed by atoms with E-state index in [0.29, 0.717) is 0 Å². The lowest BCUT2D eigenvalue weighted by molar-refractivity contribution is 0.0988. The Kier molecular flexibility index (Phi) is 5.51. The first-order valence-corrected chi connectivity index (χ1v) is 3.08. The van der Waals surface area contributed by atoms with Crippen molar-refractivity contribution in [2.45, 2.75) is 0 Å². The second-order valence-corrected chi connectivity index (χ2v) is 1.57. The maximum atomic E-state index is 4.70. The van der Waals surface area contributed by atoms with Crippen LogP contribution in [0.25, 0.3) is 0 Å². The fourth-order valence-corrected chi connectivity index (χ4v) is 0.354. The van der Waals surface area contributed by atoms with Crippen LogP contribution in [-0.4, -0.2) is 19.2 Å². The first kappa shape index (κ1) is 6.27. The van der Waals surface area contributed by atoms with Crippen molar-refractivity contribution in [1.29, 1.82) is 0 Å². The lowest BCUT2D eigenvalue weighted by atomic mass is 11.5. The molecule has 0 rings (SSSR count). The van der Waals surface area contributed by atoms with E-state index in [1.807, 2.05) is 6.26 Å². The average molecular weight is 107 g/mol. The highest BCUT2D eigenvalue weighted by Gasteiger charge is 1.71. The van der Waals surface area contributed by atoms with Gasteiger partial charge in [-0.3, -0.25) is 4.84 Å². The molecule has 0 aromatic rings. The van der Waals surface area contributed by atoms with Crippen molar-refractivity contribution >= 4 is 11.8 Å². The molecule has 0 bridgehead atoms. The molecule has 3 heteroatoms. The second kappa shape index (κ2) is 5.27. The highest BCUT2D eigenvalue weighted by molar-refractivity contribution is 7.98. The smallest absolute Gasteiger partial charge is 0.113 e. The first-order valence-electron chi connectivity index (χ1n) is 1.69. The van der Waals surface area contributed by atoms with Gasteiger partial charge in [0.05, 0.1) is 0 Å². The van der Waals surface area contributed by atoms with Crippen LogP contribution in [0.1, 0.15) is 0 Å². The van der Waals surface area contributed by atoms with Gasteiger partial charge in [0.1, 0.15) is 5.94 Å². The molecular weight excluding hydrogens is 98.1 g/mol. The summed E-state index contributed by atoms with van der Waals surface area (Å²) in [5.74, 6) is 0.719. The zero-order valence-corrected chi connectivity index (χ0v) is 4.84. The van der Waals surface area contributed by atoms with Gasteiger partial charge < -0.3 is 0 Å². The minimum atomic E-state index is 0.719. The number of hydrogen-bond acceptors (Lipinski definition) is 3. The number of hydrogen-bond donors (Lipinski definition) is 1. The van der Waals surface area contributed by atoms with E-state index < -0.39 is 0 Å². The zero-order chi connectivity index (χ0) is 4.83. The molecule has 0 unspecified atom stereocenters. The summed E-state index contributed by atoms with van der Waals surface area (Å²) in [7, 11) is 1.75. The van der Waals surface area contributed by atoms with Crippen LogP contribution in [-0.2, 0) is 4.84 Å². The Morgan fingerprint density at radius 2 is 2.50 bits per heavy atom. The lowest BCUT2D eigenvalue weighted by Crippen LogP contribution is -2.05. The van der Waals surface area contributed by atoms with Gasteiger partial charge in [0.25, 0.3) is 0 Å². The first-order chi connectivity index (χ1) is 2.91. The van der Waals surface area contributed by atoms with Crippen molar-refractivity contribution in [1.82, 2.24) is 5.48 Å². The molecule has 0 spiro atoms. The Hall–Kier alpha value is 0.270. The van der Waals surface area contributed by atoms with Gasteiger partial charge in [-0.05, 0) is 6.26 Å². The zero-order valence-electron chi connectivity index (χ0n) is 4.02. The van der Waals surface area contributed by atoms with Gasteiger partial charge in [-0.15, -0.1) is 11.8 Å². The quantitative estimate of drug-likeness (QED) is 0.321. The summed E-state index contributed by atoms with van der Waals surface area (Å²) in [5.41, 5.74) is 2.55. The molecule has 0 aliphatic carbocycles. The molecule has 0 radical (unpaired) electrons. The van der Waals surface area contributed by atoms with Gasteiger partial charge in [-0.1, -0.05) is 0 Å². The van der Waals surface area contributed by atoms with Gasteiger partial charge in [-0.2, -0.15) is 0 Å². The Labute approximate surface area is 42.2 Å². The molecule has 0 amide bonds. The largest absolute Gasteiger partial charge is 0.291 e. The maximum Gasteiger partial charge on any atom is 0.113 e. The number of hydroxylamine groups is 1. The minimum Gasteiger partial charge on any atom is -0.291 e. The summed E-state index contributed by atoms with van der Waals surface area (Å²) in [6, 6.07) is 0. The van der Waals surface area contributed by atoms with E-state index in [4.69, 9.17) is 4.84 Å². The van der Waals surface area contributed by atoms with Crippen molar-refractivity contribution in [3.8, 4) is 0 Å². The lowest BCUT2D eigenvalue weighted by Gasteiger charge is -1.92. The van der Waals surface area contributed by atoms with E-state index in [-0.39, 0.29) is 0 Å². The number of rotatable bonds is 3. The number of thioether (sulfide) groups is 1. The van der Waals surface area contributed by atoms with E-state index in [9.17, 15) is 0 Å². The van der Waals surface area contributed by atoms with Gasteiger partial charge in [0, 0.05) is 7.05 Å². The summed E-state index contributed by atoms with van der Waals surface area (Å²) < 4.78 is 0. The molecule has 0 aromatic heterocycles. The van der Waals surface area contributed by atoms with E-state index in [0.717, 1.165) is 5.94 Å². The molecule has 0 saturated carbocycles. The molecular formula is C3H9NOS. The predicted molar refractivity (Wildman–Crippen MR) is 28.5 cm³/mol. The normalized spacial score (nSPS) is 9.00. The molecule has 0 heterocycles. The van der Waals surface area contributed by atoms with Crippen molar-refractivity contribution in [2.75, 3.05) is 19.2 Å². The SMILES string of the molecule is CNOCSC. The van der Waals surface area contributed by atoms with Crippen LogP contribution in [0.2, 0.25) is 0 Å². The van der Waals surface area contributed by atoms with Crippen LogP contribution in [0, 0.1) is 0 Å². The third-order valence-corrected chi connectivity index (χ3v) is 0.675. The Morgan fingerprint density at radius 1 is 1.83 bits per heavy atom. The van der Waals surface area contributed by atoms with Crippen molar-refractivity contribution in [2.24, 2.45) is 0 Å². The molecule has 0 atom stereocenters. The third-order valence-electron chi connectivity index (χ3n) is 0.321. The maximum absolute atomic E-state index is 4.70. The minimum absolute atomic E-state index is 0.719. The third kappa shape index (κ3) is 4.27. The second-order valence-electron chi connectivity index (χ2n) is 0.755. The van der Waals surface area contributed by atoms with Gasteiger partial charge in [-0.25, -0.2) is 5.48 Å². The van der Waals surface area contributed by atoms with Gasteiger partial charge in [0.2, 0.25) is 0 Å². The van der Waals surface area contributed by atoms with Gasteiger partial charge in [0.15, 0.2) is 0 Å². The van der Waals surface area contributed by atoms with E-state index in [2.05, 4.69) is 5.48 Å². The summed E-state index contributed by atoms with van der Waals surface area (Å²) in [6.45, 7) is 0. The molecule has 6 heavy (non-hydrogen) atoms. The van der Waals surface area contributed by atoms with E-state index >= 15 is 0 Å². The molecule has 38 valence electrons. The van der Waals surface area contributed by atoms with Crippen molar-refractivity contribution in [3.05, 3.63) is 0 Å². The fraction of sp³-hybridized carbons (Fsp3) is 1.00. The molecule has 2 nitrogen and oxygen atoms in total. The standard InChI is InChI=1S/C3H9NOS/c1-4-5-3-6-2/h4H,3H2,1-2H3. The van der Waals surface area contributed by atoms with Crippen LogP contribution in [0.3, 0.4) is 0 Å². The predicted octanol–water partition coefficient (Wildman–Crippen LogP) is 0.458. The van der Waals surface area contributed by atoms with Crippen molar-refractivity contribution in [3.63, 3.8) is 0 Å². The van der Waals surface area contributed by atoms with E-state index in [1.165, 1.54) is 0 Å². The number of nitrogens with one attached hydrogen (secondary N) is 1. The average Bonchev–Trinajstić information content (AvgIpc) is 1.61. The summed E-state index contributed by atoms with van der Waals surface area (Å²) in [4.78, 5) is 4.70.